The third-order valence-electron chi connectivity index (χ3n) is 5.16. The van der Waals surface area contributed by atoms with Gasteiger partial charge in [-0.15, -0.1) is 0 Å². The molecule has 1 amide bonds. The molecule has 7 heteroatoms. The van der Waals surface area contributed by atoms with E-state index in [1.807, 2.05) is 43.3 Å². The first kappa shape index (κ1) is 21.2. The van der Waals surface area contributed by atoms with Crippen molar-refractivity contribution in [2.75, 3.05) is 47.4 Å². The molecule has 1 aliphatic rings. The molecule has 1 aromatic rings. The fourth-order valence-electron chi connectivity index (χ4n) is 3.48. The predicted molar refractivity (Wildman–Crippen MR) is 104 cm³/mol. The average molecular weight is 377 g/mol. The molecule has 0 spiro atoms. The summed E-state index contributed by atoms with van der Waals surface area (Å²) in [6.45, 7) is 2.73. The standard InChI is InChI=1S/C20H31N3O4/c1-21(15-20(25)26)17-5-4-11-23(12-10-17)14-19(24)22(2)13-16-6-8-18(27-3)9-7-16/h6-9,17H,4-5,10-15H2,1-3H3,(H,25,26). The maximum Gasteiger partial charge on any atom is 0.317 e. The summed E-state index contributed by atoms with van der Waals surface area (Å²) in [5, 5.41) is 8.96. The molecule has 0 bridgehead atoms. The Hall–Kier alpha value is -2.12. The van der Waals surface area contributed by atoms with Gasteiger partial charge in [-0.2, -0.15) is 0 Å². The lowest BCUT2D eigenvalue weighted by atomic mass is 10.1. The maximum absolute atomic E-state index is 12.6. The van der Waals surface area contributed by atoms with Crippen molar-refractivity contribution in [3.8, 4) is 5.75 Å². The Morgan fingerprint density at radius 2 is 1.89 bits per heavy atom. The van der Waals surface area contributed by atoms with Crippen LogP contribution in [0.3, 0.4) is 0 Å². The number of likely N-dealkylation sites (tertiary alicyclic amines) is 1. The van der Waals surface area contributed by atoms with E-state index in [1.165, 1.54) is 0 Å². The molecule has 0 radical (unpaired) electrons. The van der Waals surface area contributed by atoms with Gasteiger partial charge in [0, 0.05) is 26.2 Å². The monoisotopic (exact) mass is 377 g/mol. The highest BCUT2D eigenvalue weighted by atomic mass is 16.5. The number of carbonyl (C=O) groups is 2. The van der Waals surface area contributed by atoms with Gasteiger partial charge in [-0.1, -0.05) is 12.1 Å². The number of benzene rings is 1. The van der Waals surface area contributed by atoms with Crippen molar-refractivity contribution in [2.45, 2.75) is 31.8 Å². The van der Waals surface area contributed by atoms with Crippen molar-refractivity contribution in [2.24, 2.45) is 0 Å². The molecule has 2 rings (SSSR count). The van der Waals surface area contributed by atoms with Gasteiger partial charge in [0.25, 0.3) is 0 Å². The van der Waals surface area contributed by atoms with Gasteiger partial charge in [0.15, 0.2) is 0 Å². The molecule has 150 valence electrons. The lowest BCUT2D eigenvalue weighted by molar-refractivity contribution is -0.138. The molecule has 0 aliphatic carbocycles. The number of hydrogen-bond acceptors (Lipinski definition) is 5. The summed E-state index contributed by atoms with van der Waals surface area (Å²) in [5.74, 6) is 0.108. The van der Waals surface area contributed by atoms with Gasteiger partial charge in [-0.05, 0) is 50.6 Å². The summed E-state index contributed by atoms with van der Waals surface area (Å²) in [6, 6.07) is 8.00. The Kier molecular flexibility index (Phi) is 8.06. The van der Waals surface area contributed by atoms with Crippen LogP contribution >= 0.6 is 0 Å². The molecule has 1 aliphatic heterocycles. The first-order valence-electron chi connectivity index (χ1n) is 9.40. The summed E-state index contributed by atoms with van der Waals surface area (Å²) in [4.78, 5) is 29.3. The Labute approximate surface area is 161 Å². The molecule has 1 saturated heterocycles. The number of carboxylic acid groups (broad SMARTS) is 1. The molecule has 1 N–H and O–H groups in total. The Balaban J connectivity index is 1.81. The SMILES string of the molecule is COc1ccc(CN(C)C(=O)CN2CCCC(N(C)CC(=O)O)CC2)cc1. The normalized spacial score (nSPS) is 18.1. The van der Waals surface area contributed by atoms with Crippen LogP contribution in [0.4, 0.5) is 0 Å². The number of rotatable bonds is 8. The van der Waals surface area contributed by atoms with Crippen LogP contribution in [0.15, 0.2) is 24.3 Å². The highest BCUT2D eigenvalue weighted by Gasteiger charge is 2.23. The molecule has 1 heterocycles. The molecule has 7 nitrogen and oxygen atoms in total. The fraction of sp³-hybridized carbons (Fsp3) is 0.600. The maximum atomic E-state index is 12.6. The molecule has 1 atom stereocenters. The van der Waals surface area contributed by atoms with Gasteiger partial charge in [-0.25, -0.2) is 0 Å². The highest BCUT2D eigenvalue weighted by Crippen LogP contribution is 2.16. The van der Waals surface area contributed by atoms with Crippen molar-refractivity contribution in [3.05, 3.63) is 29.8 Å². The molecule has 27 heavy (non-hydrogen) atoms. The Morgan fingerprint density at radius 3 is 2.52 bits per heavy atom. The van der Waals surface area contributed by atoms with E-state index in [4.69, 9.17) is 9.84 Å². The first-order valence-corrected chi connectivity index (χ1v) is 9.40. The minimum atomic E-state index is -0.797. The summed E-state index contributed by atoms with van der Waals surface area (Å²) in [6.07, 6.45) is 2.83. The number of hydrogen-bond donors (Lipinski definition) is 1. The number of methoxy groups -OCH3 is 1. The van der Waals surface area contributed by atoms with Gasteiger partial charge < -0.3 is 14.7 Å². The van der Waals surface area contributed by atoms with E-state index in [1.54, 1.807) is 12.0 Å². The molecule has 1 unspecified atom stereocenters. The number of carbonyl (C=O) groups excluding carboxylic acids is 1. The van der Waals surface area contributed by atoms with E-state index in [0.29, 0.717) is 13.1 Å². The second-order valence-corrected chi connectivity index (χ2v) is 7.27. The van der Waals surface area contributed by atoms with Crippen LogP contribution in [-0.2, 0) is 16.1 Å². The largest absolute Gasteiger partial charge is 0.497 e. The fourth-order valence-corrected chi connectivity index (χ4v) is 3.48. The minimum Gasteiger partial charge on any atom is -0.497 e. The van der Waals surface area contributed by atoms with Crippen LogP contribution in [0.25, 0.3) is 0 Å². The van der Waals surface area contributed by atoms with Crippen LogP contribution in [0.2, 0.25) is 0 Å². The van der Waals surface area contributed by atoms with Crippen LogP contribution in [0, 0.1) is 0 Å². The average Bonchev–Trinajstić information content (AvgIpc) is 2.87. The number of aliphatic carboxylic acids is 1. The van der Waals surface area contributed by atoms with E-state index in [0.717, 1.165) is 43.7 Å². The van der Waals surface area contributed by atoms with Gasteiger partial charge in [-0.3, -0.25) is 19.4 Å². The second-order valence-electron chi connectivity index (χ2n) is 7.27. The molecular formula is C20H31N3O4. The van der Waals surface area contributed by atoms with Gasteiger partial charge in [0.2, 0.25) is 5.91 Å². The highest BCUT2D eigenvalue weighted by molar-refractivity contribution is 5.78. The summed E-state index contributed by atoms with van der Waals surface area (Å²) in [7, 11) is 5.33. The third kappa shape index (κ3) is 6.84. The minimum absolute atomic E-state index is 0.0637. The van der Waals surface area contributed by atoms with Crippen molar-refractivity contribution in [3.63, 3.8) is 0 Å². The molecular weight excluding hydrogens is 346 g/mol. The smallest absolute Gasteiger partial charge is 0.317 e. The summed E-state index contributed by atoms with van der Waals surface area (Å²) < 4.78 is 5.16. The van der Waals surface area contributed by atoms with Crippen LogP contribution in [-0.4, -0.2) is 85.1 Å². The number of ether oxygens (including phenoxy) is 1. The Bertz CT molecular complexity index is 620. The van der Waals surface area contributed by atoms with Gasteiger partial charge >= 0.3 is 5.97 Å². The summed E-state index contributed by atoms with van der Waals surface area (Å²) >= 11 is 0. The quantitative estimate of drug-likeness (QED) is 0.741. The Morgan fingerprint density at radius 1 is 1.19 bits per heavy atom. The van der Waals surface area contributed by atoms with Crippen LogP contribution in [0.5, 0.6) is 5.75 Å². The lowest BCUT2D eigenvalue weighted by Crippen LogP contribution is -2.39. The number of carboxylic acids is 1. The topological polar surface area (TPSA) is 73.3 Å². The van der Waals surface area contributed by atoms with E-state index in [2.05, 4.69) is 4.90 Å². The number of amides is 1. The number of likely N-dealkylation sites (N-methyl/N-ethyl adjacent to an activating group) is 2. The van der Waals surface area contributed by atoms with E-state index >= 15 is 0 Å². The lowest BCUT2D eigenvalue weighted by Gasteiger charge is -2.26. The van der Waals surface area contributed by atoms with Crippen molar-refractivity contribution in [1.29, 1.82) is 0 Å². The van der Waals surface area contributed by atoms with Crippen molar-refractivity contribution < 1.29 is 19.4 Å². The van der Waals surface area contributed by atoms with Crippen molar-refractivity contribution >= 4 is 11.9 Å². The summed E-state index contributed by atoms with van der Waals surface area (Å²) in [5.41, 5.74) is 1.07. The third-order valence-corrected chi connectivity index (χ3v) is 5.16. The molecule has 0 saturated carbocycles. The first-order chi connectivity index (χ1) is 12.9. The second kappa shape index (κ2) is 10.3. The number of nitrogens with zero attached hydrogens (tertiary/aromatic N) is 3. The van der Waals surface area contributed by atoms with E-state index < -0.39 is 5.97 Å². The van der Waals surface area contributed by atoms with Crippen LogP contribution < -0.4 is 4.74 Å². The van der Waals surface area contributed by atoms with Gasteiger partial charge in [0.1, 0.15) is 5.75 Å². The zero-order valence-electron chi connectivity index (χ0n) is 16.6. The molecule has 0 aromatic heterocycles. The zero-order chi connectivity index (χ0) is 19.8. The van der Waals surface area contributed by atoms with Crippen LogP contribution in [0.1, 0.15) is 24.8 Å². The van der Waals surface area contributed by atoms with E-state index in [-0.39, 0.29) is 18.5 Å². The molecule has 1 fully saturated rings. The molecule has 1 aromatic carbocycles. The zero-order valence-corrected chi connectivity index (χ0v) is 16.6. The van der Waals surface area contributed by atoms with E-state index in [9.17, 15) is 9.59 Å². The van der Waals surface area contributed by atoms with Gasteiger partial charge in [0.05, 0.1) is 20.2 Å². The predicted octanol–water partition coefficient (Wildman–Crippen LogP) is 1.52. The van der Waals surface area contributed by atoms with Crippen molar-refractivity contribution in [1.82, 2.24) is 14.7 Å².